The van der Waals surface area contributed by atoms with Gasteiger partial charge >= 0.3 is 0 Å². The van der Waals surface area contributed by atoms with Gasteiger partial charge in [-0.05, 0) is 64.2 Å². The number of thiazole rings is 1. The third-order valence-corrected chi connectivity index (χ3v) is 9.26. The number of sulfonamides is 1. The van der Waals surface area contributed by atoms with Crippen LogP contribution in [0.4, 0.5) is 5.13 Å². The topological polar surface area (TPSA) is 92.3 Å². The van der Waals surface area contributed by atoms with Gasteiger partial charge in [0.2, 0.25) is 10.0 Å². The number of fused-ring (bicyclic) bond motifs is 2. The second kappa shape index (κ2) is 11.5. The fraction of sp³-hybridized carbons (Fsp3) is 0.440. The summed E-state index contributed by atoms with van der Waals surface area (Å²) < 4.78 is 39.6. The largest absolute Gasteiger partial charge is 0.486 e. The highest BCUT2D eigenvalue weighted by Gasteiger charge is 2.28. The first kappa shape index (κ1) is 27.6. The Hall–Kier alpha value is -2.44. The Kier molecular flexibility index (Phi) is 8.59. The Labute approximate surface area is 227 Å². The van der Waals surface area contributed by atoms with Crippen LogP contribution in [0.2, 0.25) is 0 Å². The summed E-state index contributed by atoms with van der Waals surface area (Å²) in [7, 11) is 0.454. The molecule has 1 saturated heterocycles. The molecule has 200 valence electrons. The molecule has 37 heavy (non-hydrogen) atoms. The van der Waals surface area contributed by atoms with Crippen LogP contribution in [-0.2, 0) is 10.0 Å². The SMILES string of the molecule is CN(C)CCCN(C(=O)c1ccc(S(=O)(=O)N2CCCC2)cc1)c1nc2cc3c(cc2s1)OCCO3.Cl. The van der Waals surface area contributed by atoms with Gasteiger partial charge in [-0.3, -0.25) is 9.69 Å². The van der Waals surface area contributed by atoms with Gasteiger partial charge in [-0.25, -0.2) is 13.4 Å². The van der Waals surface area contributed by atoms with Crippen molar-refractivity contribution in [2.75, 3.05) is 58.4 Å². The number of aromatic nitrogens is 1. The average molecular weight is 567 g/mol. The van der Waals surface area contributed by atoms with Crippen LogP contribution >= 0.6 is 23.7 Å². The monoisotopic (exact) mass is 566 g/mol. The highest BCUT2D eigenvalue weighted by atomic mass is 35.5. The zero-order valence-corrected chi connectivity index (χ0v) is 23.3. The summed E-state index contributed by atoms with van der Waals surface area (Å²) in [4.78, 5) is 22.4. The van der Waals surface area contributed by atoms with E-state index in [4.69, 9.17) is 14.5 Å². The number of hydrogen-bond donors (Lipinski definition) is 0. The van der Waals surface area contributed by atoms with Crippen LogP contribution in [0, 0.1) is 0 Å². The predicted molar refractivity (Wildman–Crippen MR) is 147 cm³/mol. The van der Waals surface area contributed by atoms with Gasteiger partial charge in [0.05, 0.1) is 15.1 Å². The Morgan fingerprint density at radius 1 is 1.03 bits per heavy atom. The molecule has 0 spiro atoms. The summed E-state index contributed by atoms with van der Waals surface area (Å²) in [6, 6.07) is 10.0. The molecule has 9 nitrogen and oxygen atoms in total. The standard InChI is InChI=1S/C25H30N4O5S2.ClH/c1-27(2)10-5-13-29(25-26-20-16-21-22(17-23(20)35-25)34-15-14-33-21)24(30)18-6-8-19(9-7-18)36(31,32)28-11-3-4-12-28;/h6-9,16-17H,3-5,10-15H2,1-2H3;1H. The minimum atomic E-state index is -3.53. The lowest BCUT2D eigenvalue weighted by atomic mass is 10.2. The van der Waals surface area contributed by atoms with Crippen LogP contribution in [0.1, 0.15) is 29.6 Å². The molecule has 1 fully saturated rings. The number of benzene rings is 2. The van der Waals surface area contributed by atoms with Gasteiger partial charge in [-0.2, -0.15) is 4.31 Å². The zero-order chi connectivity index (χ0) is 25.3. The molecule has 2 aliphatic rings. The third kappa shape index (κ3) is 5.85. The molecule has 0 atom stereocenters. The molecule has 3 heterocycles. The number of hydrogen-bond acceptors (Lipinski definition) is 8. The van der Waals surface area contributed by atoms with Gasteiger partial charge in [0.25, 0.3) is 5.91 Å². The van der Waals surface area contributed by atoms with E-state index in [2.05, 4.69) is 4.90 Å². The maximum atomic E-state index is 13.6. The molecule has 5 rings (SSSR count). The number of rotatable bonds is 8. The Bertz CT molecular complexity index is 1310. The lowest BCUT2D eigenvalue weighted by Crippen LogP contribution is -2.33. The summed E-state index contributed by atoms with van der Waals surface area (Å²) in [5.74, 6) is 1.13. The number of halogens is 1. The minimum absolute atomic E-state index is 0. The molecule has 12 heteroatoms. The first-order chi connectivity index (χ1) is 17.3. The van der Waals surface area contributed by atoms with Crippen LogP contribution in [-0.4, -0.2) is 82.0 Å². The molecule has 3 aromatic rings. The smallest absolute Gasteiger partial charge is 0.260 e. The summed E-state index contributed by atoms with van der Waals surface area (Å²) in [6.45, 7) is 3.38. The quantitative estimate of drug-likeness (QED) is 0.409. The molecule has 1 amide bonds. The Morgan fingerprint density at radius 3 is 2.32 bits per heavy atom. The van der Waals surface area contributed by atoms with Gasteiger partial charge < -0.3 is 14.4 Å². The first-order valence-corrected chi connectivity index (χ1v) is 14.4. The molecule has 0 radical (unpaired) electrons. The number of carbonyl (C=O) groups is 1. The summed E-state index contributed by atoms with van der Waals surface area (Å²) in [5.41, 5.74) is 1.17. The van der Waals surface area contributed by atoms with Crippen molar-refractivity contribution in [2.45, 2.75) is 24.2 Å². The van der Waals surface area contributed by atoms with Crippen molar-refractivity contribution >= 4 is 55.0 Å². The fourth-order valence-electron chi connectivity index (χ4n) is 4.40. The van der Waals surface area contributed by atoms with E-state index in [0.29, 0.717) is 55.0 Å². The Morgan fingerprint density at radius 2 is 1.68 bits per heavy atom. The Balaban J connectivity index is 0.00000320. The van der Waals surface area contributed by atoms with Gasteiger partial charge in [0.15, 0.2) is 16.6 Å². The first-order valence-electron chi connectivity index (χ1n) is 12.1. The van der Waals surface area contributed by atoms with Crippen molar-refractivity contribution in [3.63, 3.8) is 0 Å². The fourth-order valence-corrected chi connectivity index (χ4v) is 6.92. The van der Waals surface area contributed by atoms with Gasteiger partial charge in [-0.1, -0.05) is 11.3 Å². The van der Waals surface area contributed by atoms with E-state index in [-0.39, 0.29) is 23.2 Å². The van der Waals surface area contributed by atoms with E-state index in [9.17, 15) is 13.2 Å². The highest BCUT2D eigenvalue weighted by Crippen LogP contribution is 2.39. The van der Waals surface area contributed by atoms with Crippen molar-refractivity contribution < 1.29 is 22.7 Å². The van der Waals surface area contributed by atoms with Crippen LogP contribution in [0.5, 0.6) is 11.5 Å². The molecular formula is C25H31ClN4O5S2. The number of amides is 1. The second-order valence-corrected chi connectivity index (χ2v) is 12.2. The molecule has 0 saturated carbocycles. The van der Waals surface area contributed by atoms with Gasteiger partial charge in [0.1, 0.15) is 13.2 Å². The highest BCUT2D eigenvalue weighted by molar-refractivity contribution is 7.89. The second-order valence-electron chi connectivity index (χ2n) is 9.21. The summed E-state index contributed by atoms with van der Waals surface area (Å²) in [6.07, 6.45) is 2.51. The molecule has 0 unspecified atom stereocenters. The van der Waals surface area contributed by atoms with E-state index in [1.165, 1.54) is 27.8 Å². The van der Waals surface area contributed by atoms with E-state index in [1.54, 1.807) is 17.0 Å². The number of anilines is 1. The number of nitrogens with zero attached hydrogens (tertiary/aromatic N) is 4. The van der Waals surface area contributed by atoms with E-state index < -0.39 is 10.0 Å². The van der Waals surface area contributed by atoms with Crippen LogP contribution in [0.15, 0.2) is 41.3 Å². The predicted octanol–water partition coefficient (Wildman–Crippen LogP) is 3.87. The molecule has 2 aromatic carbocycles. The molecule has 0 N–H and O–H groups in total. The molecule has 0 aliphatic carbocycles. The maximum absolute atomic E-state index is 13.6. The van der Waals surface area contributed by atoms with Crippen molar-refractivity contribution in [2.24, 2.45) is 0 Å². The van der Waals surface area contributed by atoms with Crippen molar-refractivity contribution in [3.8, 4) is 11.5 Å². The van der Waals surface area contributed by atoms with Crippen molar-refractivity contribution in [1.82, 2.24) is 14.2 Å². The van der Waals surface area contributed by atoms with Crippen LogP contribution in [0.25, 0.3) is 10.2 Å². The average Bonchev–Trinajstić information content (AvgIpc) is 3.55. The van der Waals surface area contributed by atoms with Crippen LogP contribution < -0.4 is 14.4 Å². The third-order valence-electron chi connectivity index (χ3n) is 6.31. The molecule has 1 aromatic heterocycles. The van der Waals surface area contributed by atoms with E-state index in [1.807, 2.05) is 26.2 Å². The zero-order valence-electron chi connectivity index (χ0n) is 20.9. The summed E-state index contributed by atoms with van der Waals surface area (Å²) >= 11 is 1.43. The van der Waals surface area contributed by atoms with Gasteiger partial charge in [-0.15, -0.1) is 12.4 Å². The minimum Gasteiger partial charge on any atom is -0.486 e. The molecular weight excluding hydrogens is 536 g/mol. The normalized spacial score (nSPS) is 15.6. The summed E-state index contributed by atoms with van der Waals surface area (Å²) in [5, 5.41) is 0.588. The number of carbonyl (C=O) groups excluding carboxylic acids is 1. The molecule has 0 bridgehead atoms. The van der Waals surface area contributed by atoms with Crippen molar-refractivity contribution in [1.29, 1.82) is 0 Å². The van der Waals surface area contributed by atoms with Gasteiger partial charge in [0, 0.05) is 37.3 Å². The molecule has 2 aliphatic heterocycles. The maximum Gasteiger partial charge on any atom is 0.260 e. The van der Waals surface area contributed by atoms with Crippen LogP contribution in [0.3, 0.4) is 0 Å². The van der Waals surface area contributed by atoms with Crippen molar-refractivity contribution in [3.05, 3.63) is 42.0 Å². The van der Waals surface area contributed by atoms with E-state index in [0.717, 1.165) is 36.0 Å². The van der Waals surface area contributed by atoms with E-state index >= 15 is 0 Å². The number of ether oxygens (including phenoxy) is 2. The lowest BCUT2D eigenvalue weighted by molar-refractivity contribution is 0.0986. The lowest BCUT2D eigenvalue weighted by Gasteiger charge is -2.21.